The Balaban J connectivity index is 2.16. The van der Waals surface area contributed by atoms with Crippen molar-refractivity contribution in [2.75, 3.05) is 33.8 Å². The molecule has 1 unspecified atom stereocenters. The number of amidine groups is 1. The topological polar surface area (TPSA) is 77.2 Å². The van der Waals surface area contributed by atoms with Crippen molar-refractivity contribution in [3.63, 3.8) is 0 Å². The van der Waals surface area contributed by atoms with E-state index in [4.69, 9.17) is 4.74 Å². The van der Waals surface area contributed by atoms with Crippen LogP contribution in [-0.4, -0.2) is 84.0 Å². The lowest BCUT2D eigenvalue weighted by Gasteiger charge is -2.32. The minimum atomic E-state index is -0.537. The fourth-order valence-corrected chi connectivity index (χ4v) is 2.92. The summed E-state index contributed by atoms with van der Waals surface area (Å²) in [6.07, 6.45) is 1.06. The Morgan fingerprint density at radius 3 is 2.48 bits per heavy atom. The third-order valence-electron chi connectivity index (χ3n) is 4.15. The number of carbonyl (C=O) groups is 2. The van der Waals surface area contributed by atoms with E-state index in [2.05, 4.69) is 24.2 Å². The predicted molar refractivity (Wildman–Crippen MR) is 95.8 cm³/mol. The number of rotatable bonds is 7. The Morgan fingerprint density at radius 2 is 1.88 bits per heavy atom. The molecule has 8 nitrogen and oxygen atoms in total. The van der Waals surface area contributed by atoms with E-state index < -0.39 is 6.04 Å². The van der Waals surface area contributed by atoms with Crippen LogP contribution in [0, 0.1) is 5.92 Å². The maximum Gasteiger partial charge on any atom is 0.390 e. The van der Waals surface area contributed by atoms with Gasteiger partial charge in [0.15, 0.2) is 0 Å². The van der Waals surface area contributed by atoms with E-state index in [1.165, 1.54) is 11.9 Å². The number of imide groups is 1. The van der Waals surface area contributed by atoms with Gasteiger partial charge >= 0.3 is 12.0 Å². The number of guanidine groups is 1. The van der Waals surface area contributed by atoms with Crippen LogP contribution in [0.1, 0.15) is 34.1 Å². The van der Waals surface area contributed by atoms with Crippen LogP contribution in [0.25, 0.3) is 0 Å². The van der Waals surface area contributed by atoms with Crippen molar-refractivity contribution in [3.05, 3.63) is 0 Å². The summed E-state index contributed by atoms with van der Waals surface area (Å²) >= 11 is 0. The van der Waals surface area contributed by atoms with Crippen LogP contribution in [0.4, 0.5) is 4.79 Å². The summed E-state index contributed by atoms with van der Waals surface area (Å²) in [4.78, 5) is 32.0. The summed E-state index contributed by atoms with van der Waals surface area (Å²) < 4.78 is 7.51. The van der Waals surface area contributed by atoms with E-state index in [0.717, 1.165) is 11.3 Å². The molecule has 3 amide bonds. The van der Waals surface area contributed by atoms with Crippen LogP contribution in [0.2, 0.25) is 0 Å². The van der Waals surface area contributed by atoms with E-state index in [1.807, 2.05) is 18.4 Å². The molecule has 8 heteroatoms. The van der Waals surface area contributed by atoms with Crippen LogP contribution in [-0.2, 0) is 9.53 Å². The number of likely N-dealkylation sites (N-methyl/N-ethyl adjacent to an activating group) is 2. The highest BCUT2D eigenvalue weighted by Gasteiger charge is 2.51. The molecule has 0 aromatic heterocycles. The average Bonchev–Trinajstić information content (AvgIpc) is 2.88. The Morgan fingerprint density at radius 1 is 1.20 bits per heavy atom. The molecule has 1 saturated heterocycles. The molecule has 0 spiro atoms. The number of nitrogens with zero attached hydrogens (tertiary/aromatic N) is 4. The molecule has 0 radical (unpaired) electrons. The van der Waals surface area contributed by atoms with Crippen LogP contribution >= 0.6 is 0 Å². The maximum absolute atomic E-state index is 12.6. The number of carbonyl (C=O) groups excluding carboxylic acids is 2. The van der Waals surface area contributed by atoms with E-state index in [-0.39, 0.29) is 18.0 Å². The number of aliphatic imine (C=N–C) groups is 1. The molecule has 1 N–H and O–H groups in total. The van der Waals surface area contributed by atoms with Crippen molar-refractivity contribution in [2.45, 2.75) is 46.3 Å². The average molecular weight is 352 g/mol. The van der Waals surface area contributed by atoms with Gasteiger partial charge in [-0.3, -0.25) is 19.9 Å². The zero-order chi connectivity index (χ0) is 18.7. The molecular formula is C17H30N5O3+. The van der Waals surface area contributed by atoms with Gasteiger partial charge in [0.25, 0.3) is 5.91 Å². The van der Waals surface area contributed by atoms with Crippen LogP contribution in [0.3, 0.4) is 0 Å². The van der Waals surface area contributed by atoms with Gasteiger partial charge in [0.1, 0.15) is 0 Å². The quantitative estimate of drug-likeness (QED) is 0.541. The van der Waals surface area contributed by atoms with Crippen molar-refractivity contribution >= 4 is 23.7 Å². The molecule has 1 fully saturated rings. The monoisotopic (exact) mass is 352 g/mol. The molecule has 2 rings (SSSR count). The van der Waals surface area contributed by atoms with Crippen molar-refractivity contribution in [1.82, 2.24) is 15.1 Å². The van der Waals surface area contributed by atoms with Crippen LogP contribution < -0.4 is 5.32 Å². The van der Waals surface area contributed by atoms with Gasteiger partial charge < -0.3 is 4.74 Å². The highest BCUT2D eigenvalue weighted by Crippen LogP contribution is 2.19. The van der Waals surface area contributed by atoms with Gasteiger partial charge in [-0.2, -0.15) is 0 Å². The summed E-state index contributed by atoms with van der Waals surface area (Å²) in [5.41, 5.74) is 0. The molecule has 25 heavy (non-hydrogen) atoms. The summed E-state index contributed by atoms with van der Waals surface area (Å²) in [6, 6.07) is -0.888. The number of nitrogens with one attached hydrogen (secondary N) is 1. The molecule has 0 bridgehead atoms. The van der Waals surface area contributed by atoms with Gasteiger partial charge in [0.05, 0.1) is 19.2 Å². The Labute approximate surface area is 149 Å². The number of ether oxygens (including phenoxy) is 1. The van der Waals surface area contributed by atoms with E-state index in [9.17, 15) is 9.59 Å². The van der Waals surface area contributed by atoms with E-state index in [1.54, 1.807) is 7.05 Å². The van der Waals surface area contributed by atoms with Crippen molar-refractivity contribution in [1.29, 1.82) is 0 Å². The highest BCUT2D eigenvalue weighted by molar-refractivity contribution is 6.22. The van der Waals surface area contributed by atoms with Gasteiger partial charge in [0.2, 0.25) is 11.9 Å². The lowest BCUT2D eigenvalue weighted by Crippen LogP contribution is -2.61. The van der Waals surface area contributed by atoms with Crippen molar-refractivity contribution < 1.29 is 18.9 Å². The van der Waals surface area contributed by atoms with Crippen molar-refractivity contribution in [2.24, 2.45) is 10.9 Å². The first-order valence-corrected chi connectivity index (χ1v) is 8.87. The summed E-state index contributed by atoms with van der Waals surface area (Å²) in [5, 5.41) is 3.30. The largest absolute Gasteiger partial charge is 0.390 e. The molecule has 0 aliphatic carbocycles. The smallest absolute Gasteiger partial charge is 0.379 e. The first-order chi connectivity index (χ1) is 11.7. The molecule has 2 aliphatic rings. The minimum absolute atomic E-state index is 0.215. The van der Waals surface area contributed by atoms with Gasteiger partial charge in [-0.15, -0.1) is 0 Å². The SMILES string of the molecule is CC(C)C[N+]1=C(NCCCOC(C)C)N=C2C1C(=O)N(C)C(=O)N2C. The molecule has 2 aliphatic heterocycles. The zero-order valence-electron chi connectivity index (χ0n) is 16.1. The lowest BCUT2D eigenvalue weighted by molar-refractivity contribution is -0.542. The highest BCUT2D eigenvalue weighted by atomic mass is 16.5. The third-order valence-corrected chi connectivity index (χ3v) is 4.15. The lowest BCUT2D eigenvalue weighted by atomic mass is 10.1. The minimum Gasteiger partial charge on any atom is -0.379 e. The second kappa shape index (κ2) is 7.95. The number of fused-ring (bicyclic) bond motifs is 1. The molecule has 140 valence electrons. The predicted octanol–water partition coefficient (Wildman–Crippen LogP) is 0.720. The van der Waals surface area contributed by atoms with Gasteiger partial charge in [0, 0.05) is 27.1 Å². The third kappa shape index (κ3) is 4.18. The Hall–Kier alpha value is -1.96. The molecule has 2 heterocycles. The summed E-state index contributed by atoms with van der Waals surface area (Å²) in [7, 11) is 3.17. The second-order valence-corrected chi connectivity index (χ2v) is 7.18. The first-order valence-electron chi connectivity index (χ1n) is 8.87. The fraction of sp³-hybridized carbons (Fsp3) is 0.765. The Kier molecular flexibility index (Phi) is 6.16. The van der Waals surface area contributed by atoms with E-state index >= 15 is 0 Å². The Bertz CT molecular complexity index is 597. The fourth-order valence-electron chi connectivity index (χ4n) is 2.92. The number of hydrogen-bond donors (Lipinski definition) is 1. The van der Waals surface area contributed by atoms with Crippen LogP contribution in [0.5, 0.6) is 0 Å². The second-order valence-electron chi connectivity index (χ2n) is 7.18. The molecular weight excluding hydrogens is 322 g/mol. The number of amides is 3. The number of urea groups is 1. The normalized spacial score (nSPS) is 20.8. The van der Waals surface area contributed by atoms with Crippen LogP contribution in [0.15, 0.2) is 4.99 Å². The van der Waals surface area contributed by atoms with E-state index in [0.29, 0.717) is 37.4 Å². The van der Waals surface area contributed by atoms with Crippen molar-refractivity contribution in [3.8, 4) is 0 Å². The van der Waals surface area contributed by atoms with Gasteiger partial charge in [-0.25, -0.2) is 9.37 Å². The first kappa shape index (κ1) is 19.4. The molecule has 1 atom stereocenters. The molecule has 0 saturated carbocycles. The maximum atomic E-state index is 12.6. The van der Waals surface area contributed by atoms with Gasteiger partial charge in [-0.05, 0) is 19.8 Å². The molecule has 0 aromatic rings. The molecule has 0 aromatic carbocycles. The van der Waals surface area contributed by atoms with Gasteiger partial charge in [-0.1, -0.05) is 18.8 Å². The standard InChI is InChI=1S/C17H29N5O3/c1-11(2)10-22-13-14(20(5)17(24)21(6)15(13)23)19-16(22)18-8-7-9-25-12(3)4/h11-13H,7-10H2,1-6H3/p+1. The number of hydrogen-bond acceptors (Lipinski definition) is 5. The summed E-state index contributed by atoms with van der Waals surface area (Å²) in [6.45, 7) is 10.3. The zero-order valence-corrected chi connectivity index (χ0v) is 16.1. The summed E-state index contributed by atoms with van der Waals surface area (Å²) in [5.74, 6) is 1.27.